The Morgan fingerprint density at radius 2 is 1.27 bits per heavy atom. The average molecular weight is 336 g/mol. The van der Waals surface area contributed by atoms with Crippen molar-refractivity contribution in [1.29, 1.82) is 0 Å². The predicted molar refractivity (Wildman–Crippen MR) is 69.0 cm³/mol. The minimum Gasteiger partial charge on any atom is -0.442 e. The Balaban J connectivity index is 5.51. The van der Waals surface area contributed by atoms with Crippen molar-refractivity contribution < 1.29 is 35.9 Å². The van der Waals surface area contributed by atoms with E-state index >= 15 is 0 Å². The zero-order chi connectivity index (χ0) is 18.1. The fraction of sp³-hybridized carbons (Fsp3) is 0.929. The molecule has 0 saturated carbocycles. The van der Waals surface area contributed by atoms with Crippen LogP contribution in [0.15, 0.2) is 0 Å². The maximum Gasteiger partial charge on any atom is 0.434 e. The molecule has 0 fully saturated rings. The summed E-state index contributed by atoms with van der Waals surface area (Å²) in [6, 6.07) is 0. The van der Waals surface area contributed by atoms with Crippen LogP contribution in [0.1, 0.15) is 48.0 Å². The molecule has 0 radical (unpaired) electrons. The predicted octanol–water partition coefficient (Wildman–Crippen LogP) is 5.12. The molecule has 0 N–H and O–H groups in total. The summed E-state index contributed by atoms with van der Waals surface area (Å²) in [4.78, 5) is 12.1. The van der Waals surface area contributed by atoms with Gasteiger partial charge < -0.3 is 4.74 Å². The van der Waals surface area contributed by atoms with Gasteiger partial charge in [0.2, 0.25) is 0 Å². The van der Waals surface area contributed by atoms with Gasteiger partial charge in [0.05, 0.1) is 5.41 Å². The van der Waals surface area contributed by atoms with Crippen LogP contribution in [0.3, 0.4) is 0 Å². The Labute approximate surface area is 126 Å². The highest BCUT2D eigenvalue weighted by Crippen LogP contribution is 2.43. The number of rotatable bonds is 4. The van der Waals surface area contributed by atoms with E-state index in [0.717, 1.165) is 0 Å². The minimum atomic E-state index is -5.70. The molecule has 1 unspecified atom stereocenters. The molecule has 0 heterocycles. The van der Waals surface area contributed by atoms with Gasteiger partial charge in [0.1, 0.15) is 0 Å². The molecule has 0 bridgehead atoms. The van der Waals surface area contributed by atoms with Gasteiger partial charge in [-0.25, -0.2) is 0 Å². The quantitative estimate of drug-likeness (QED) is 0.526. The molecule has 1 atom stereocenters. The second-order valence-corrected chi connectivity index (χ2v) is 7.18. The van der Waals surface area contributed by atoms with E-state index in [1.165, 1.54) is 6.92 Å². The number of carbonyl (C=O) groups is 1. The molecule has 132 valence electrons. The molecule has 0 aliphatic carbocycles. The number of alkyl halides is 6. The number of carbonyl (C=O) groups excluding carboxylic acids is 1. The van der Waals surface area contributed by atoms with Crippen molar-refractivity contribution in [1.82, 2.24) is 0 Å². The van der Waals surface area contributed by atoms with Gasteiger partial charge >= 0.3 is 18.3 Å². The lowest BCUT2D eigenvalue weighted by molar-refractivity contribution is -0.316. The first-order valence-electron chi connectivity index (χ1n) is 6.76. The van der Waals surface area contributed by atoms with Crippen molar-refractivity contribution >= 4 is 5.97 Å². The third-order valence-electron chi connectivity index (χ3n) is 3.46. The molecule has 0 aromatic heterocycles. The van der Waals surface area contributed by atoms with Gasteiger partial charge in [-0.05, 0) is 24.7 Å². The van der Waals surface area contributed by atoms with Gasteiger partial charge in [-0.1, -0.05) is 34.6 Å². The molecule has 8 heteroatoms. The monoisotopic (exact) mass is 336 g/mol. The molecule has 0 aromatic carbocycles. The van der Waals surface area contributed by atoms with E-state index in [2.05, 4.69) is 4.74 Å². The maximum atomic E-state index is 12.5. The first kappa shape index (κ1) is 21.0. The van der Waals surface area contributed by atoms with Crippen LogP contribution in [0, 0.1) is 16.7 Å². The summed E-state index contributed by atoms with van der Waals surface area (Å²) in [6.07, 6.45) is -15.4. The summed E-state index contributed by atoms with van der Waals surface area (Å²) < 4.78 is 78.9. The second kappa shape index (κ2) is 6.28. The van der Waals surface area contributed by atoms with Crippen molar-refractivity contribution in [3.8, 4) is 0 Å². The van der Waals surface area contributed by atoms with Crippen LogP contribution in [-0.4, -0.2) is 24.4 Å². The van der Waals surface area contributed by atoms with Crippen molar-refractivity contribution in [2.75, 3.05) is 0 Å². The fourth-order valence-corrected chi connectivity index (χ4v) is 2.17. The van der Waals surface area contributed by atoms with Gasteiger partial charge in [0.25, 0.3) is 6.10 Å². The smallest absolute Gasteiger partial charge is 0.434 e. The number of ether oxygens (including phenoxy) is 1. The van der Waals surface area contributed by atoms with Gasteiger partial charge in [-0.15, -0.1) is 0 Å². The van der Waals surface area contributed by atoms with E-state index in [-0.39, 0.29) is 6.42 Å². The van der Waals surface area contributed by atoms with Gasteiger partial charge in [-0.3, -0.25) is 4.79 Å². The number of hydrogen-bond donors (Lipinski definition) is 0. The van der Waals surface area contributed by atoms with Crippen LogP contribution in [0.25, 0.3) is 0 Å². The van der Waals surface area contributed by atoms with E-state index in [4.69, 9.17) is 0 Å². The zero-order valence-corrected chi connectivity index (χ0v) is 13.4. The molecule has 2 nitrogen and oxygen atoms in total. The zero-order valence-electron chi connectivity index (χ0n) is 13.4. The standard InChI is InChI=1S/C14H22F6O2/c1-8(2)12(6,7-11(3,4)5)10(21)22-9(13(15,16)17)14(18,19)20/h8-9H,7H2,1-6H3. The molecule has 0 aliphatic rings. The third-order valence-corrected chi connectivity index (χ3v) is 3.46. The molecule has 0 saturated heterocycles. The van der Waals surface area contributed by atoms with Gasteiger partial charge in [0.15, 0.2) is 0 Å². The second-order valence-electron chi connectivity index (χ2n) is 7.18. The minimum absolute atomic E-state index is 0.0962. The summed E-state index contributed by atoms with van der Waals surface area (Å²) in [7, 11) is 0. The largest absolute Gasteiger partial charge is 0.442 e. The van der Waals surface area contributed by atoms with E-state index in [1.54, 1.807) is 34.6 Å². The van der Waals surface area contributed by atoms with Gasteiger partial charge in [0, 0.05) is 0 Å². The lowest BCUT2D eigenvalue weighted by atomic mass is 9.69. The van der Waals surface area contributed by atoms with E-state index in [0.29, 0.717) is 0 Å². The number of esters is 1. The maximum absolute atomic E-state index is 12.5. The van der Waals surface area contributed by atoms with Crippen molar-refractivity contribution in [3.05, 3.63) is 0 Å². The molecular weight excluding hydrogens is 314 g/mol. The van der Waals surface area contributed by atoms with Crippen LogP contribution in [0.2, 0.25) is 0 Å². The average Bonchev–Trinajstić information content (AvgIpc) is 2.19. The highest BCUT2D eigenvalue weighted by Gasteiger charge is 2.61. The first-order chi connectivity index (χ1) is 9.41. The lowest BCUT2D eigenvalue weighted by Crippen LogP contribution is -2.49. The van der Waals surface area contributed by atoms with Crippen molar-refractivity contribution in [2.45, 2.75) is 66.4 Å². The third kappa shape index (κ3) is 5.68. The Morgan fingerprint density at radius 1 is 0.909 bits per heavy atom. The van der Waals surface area contributed by atoms with Crippen LogP contribution in [0.4, 0.5) is 26.3 Å². The highest BCUT2D eigenvalue weighted by atomic mass is 19.4. The van der Waals surface area contributed by atoms with E-state index < -0.39 is 41.2 Å². The molecule has 0 rings (SSSR count). The van der Waals surface area contributed by atoms with E-state index in [9.17, 15) is 31.1 Å². The molecule has 0 aliphatic heterocycles. The van der Waals surface area contributed by atoms with Crippen LogP contribution < -0.4 is 0 Å². The van der Waals surface area contributed by atoms with Gasteiger partial charge in [-0.2, -0.15) is 26.3 Å². The summed E-state index contributed by atoms with van der Waals surface area (Å²) in [5.41, 5.74) is -1.92. The SMILES string of the molecule is CC(C)C(C)(CC(C)(C)C)C(=O)OC(C(F)(F)F)C(F)(F)F. The molecule has 0 amide bonds. The topological polar surface area (TPSA) is 26.3 Å². The Bertz CT molecular complexity index is 378. The Morgan fingerprint density at radius 3 is 1.50 bits per heavy atom. The summed E-state index contributed by atoms with van der Waals surface area (Å²) in [6.45, 7) is 9.67. The van der Waals surface area contributed by atoms with Crippen molar-refractivity contribution in [2.24, 2.45) is 16.7 Å². The summed E-state index contributed by atoms with van der Waals surface area (Å²) in [5.74, 6) is -1.97. The molecule has 0 spiro atoms. The molecule has 22 heavy (non-hydrogen) atoms. The summed E-state index contributed by atoms with van der Waals surface area (Å²) in [5, 5.41) is 0. The fourth-order valence-electron chi connectivity index (χ4n) is 2.17. The normalized spacial score (nSPS) is 16.8. The molecule has 0 aromatic rings. The molecular formula is C14H22F6O2. The Hall–Kier alpha value is -0.950. The highest BCUT2D eigenvalue weighted by molar-refractivity contribution is 5.77. The number of hydrogen-bond acceptors (Lipinski definition) is 2. The van der Waals surface area contributed by atoms with Crippen LogP contribution in [0.5, 0.6) is 0 Å². The lowest BCUT2D eigenvalue weighted by Gasteiger charge is -2.38. The van der Waals surface area contributed by atoms with Crippen molar-refractivity contribution in [3.63, 3.8) is 0 Å². The van der Waals surface area contributed by atoms with E-state index in [1.807, 2.05) is 0 Å². The van der Waals surface area contributed by atoms with Crippen LogP contribution >= 0.6 is 0 Å². The Kier molecular flexibility index (Phi) is 6.00. The first-order valence-corrected chi connectivity index (χ1v) is 6.76. The number of halogens is 6. The van der Waals surface area contributed by atoms with Crippen LogP contribution in [-0.2, 0) is 9.53 Å². The summed E-state index contributed by atoms with van der Waals surface area (Å²) >= 11 is 0.